The van der Waals surface area contributed by atoms with Gasteiger partial charge in [0.1, 0.15) is 18.1 Å². The summed E-state index contributed by atoms with van der Waals surface area (Å²) in [6.07, 6.45) is 2.39. The standard InChI is InChI=1S/C23H24ClFN4O4S/c1-15-11-17(16(2)29(15)20-8-6-5-7-19(20)25)13-26-27-23(30)14-28(34(4,31)32)21-12-18(24)9-10-22(21)33-3/h5-13H,14H2,1-4H3,(H,27,30)/b26-13-. The number of aromatic nitrogens is 1. The minimum Gasteiger partial charge on any atom is -0.495 e. The molecule has 180 valence electrons. The number of ether oxygens (including phenoxy) is 1. The number of anilines is 1. The molecule has 0 bridgehead atoms. The van der Waals surface area contributed by atoms with Crippen LogP contribution in [0.5, 0.6) is 5.75 Å². The Morgan fingerprint density at radius 2 is 1.94 bits per heavy atom. The molecule has 3 rings (SSSR count). The van der Waals surface area contributed by atoms with E-state index in [2.05, 4.69) is 10.5 Å². The molecule has 1 heterocycles. The van der Waals surface area contributed by atoms with Gasteiger partial charge in [0.25, 0.3) is 5.91 Å². The van der Waals surface area contributed by atoms with Crippen LogP contribution in [0.25, 0.3) is 5.69 Å². The highest BCUT2D eigenvalue weighted by Gasteiger charge is 2.24. The Morgan fingerprint density at radius 3 is 2.59 bits per heavy atom. The smallest absolute Gasteiger partial charge is 0.260 e. The summed E-state index contributed by atoms with van der Waals surface area (Å²) in [4.78, 5) is 12.5. The van der Waals surface area contributed by atoms with Crippen LogP contribution in [-0.2, 0) is 14.8 Å². The van der Waals surface area contributed by atoms with Crippen molar-refractivity contribution in [1.29, 1.82) is 0 Å². The Morgan fingerprint density at radius 1 is 1.24 bits per heavy atom. The third kappa shape index (κ3) is 5.57. The number of hydrogen-bond acceptors (Lipinski definition) is 5. The van der Waals surface area contributed by atoms with Crippen molar-refractivity contribution in [1.82, 2.24) is 9.99 Å². The van der Waals surface area contributed by atoms with E-state index in [9.17, 15) is 17.6 Å². The van der Waals surface area contributed by atoms with Crippen LogP contribution in [-0.4, -0.2) is 45.0 Å². The van der Waals surface area contributed by atoms with E-state index in [1.54, 1.807) is 41.8 Å². The summed E-state index contributed by atoms with van der Waals surface area (Å²) in [5.74, 6) is -0.795. The Labute approximate surface area is 202 Å². The lowest BCUT2D eigenvalue weighted by molar-refractivity contribution is -0.119. The first kappa shape index (κ1) is 25.3. The summed E-state index contributed by atoms with van der Waals surface area (Å²) in [6, 6.07) is 12.7. The molecule has 0 aliphatic carbocycles. The number of amides is 1. The lowest BCUT2D eigenvalue weighted by atomic mass is 10.2. The molecule has 1 aromatic heterocycles. The number of hydrogen-bond donors (Lipinski definition) is 1. The highest BCUT2D eigenvalue weighted by Crippen LogP contribution is 2.32. The average molecular weight is 507 g/mol. The quantitative estimate of drug-likeness (QED) is 0.371. The van der Waals surface area contributed by atoms with Gasteiger partial charge in [-0.15, -0.1) is 0 Å². The molecule has 0 saturated heterocycles. The van der Waals surface area contributed by atoms with Crippen molar-refractivity contribution in [2.24, 2.45) is 5.10 Å². The number of aryl methyl sites for hydroxylation is 1. The molecular formula is C23H24ClFN4O4S. The molecule has 8 nitrogen and oxygen atoms in total. The summed E-state index contributed by atoms with van der Waals surface area (Å²) < 4.78 is 46.8. The molecule has 0 spiro atoms. The Kier molecular flexibility index (Phi) is 7.63. The first-order valence-electron chi connectivity index (χ1n) is 10.1. The van der Waals surface area contributed by atoms with Crippen LogP contribution in [0.3, 0.4) is 0 Å². The van der Waals surface area contributed by atoms with Crippen LogP contribution in [0, 0.1) is 19.7 Å². The van der Waals surface area contributed by atoms with Gasteiger partial charge in [-0.1, -0.05) is 23.7 Å². The average Bonchev–Trinajstić information content (AvgIpc) is 3.04. The molecule has 3 aromatic rings. The molecular weight excluding hydrogens is 483 g/mol. The number of rotatable bonds is 8. The largest absolute Gasteiger partial charge is 0.495 e. The van der Waals surface area contributed by atoms with Gasteiger partial charge in [0.15, 0.2) is 0 Å². The van der Waals surface area contributed by atoms with Gasteiger partial charge < -0.3 is 9.30 Å². The first-order chi connectivity index (χ1) is 16.0. The zero-order chi connectivity index (χ0) is 25.0. The predicted octanol–water partition coefficient (Wildman–Crippen LogP) is 3.81. The van der Waals surface area contributed by atoms with Gasteiger partial charge in [0.2, 0.25) is 10.0 Å². The molecule has 11 heteroatoms. The number of halogens is 2. The minimum atomic E-state index is -3.84. The second-order valence-corrected chi connectivity index (χ2v) is 9.84. The zero-order valence-corrected chi connectivity index (χ0v) is 20.6. The monoisotopic (exact) mass is 506 g/mol. The molecule has 34 heavy (non-hydrogen) atoms. The molecule has 0 unspecified atom stereocenters. The van der Waals surface area contributed by atoms with Crippen molar-refractivity contribution >= 4 is 39.4 Å². The van der Waals surface area contributed by atoms with Gasteiger partial charge in [0, 0.05) is 22.0 Å². The number of hydrazone groups is 1. The molecule has 1 N–H and O–H groups in total. The van der Waals surface area contributed by atoms with Crippen LogP contribution >= 0.6 is 11.6 Å². The summed E-state index contributed by atoms with van der Waals surface area (Å²) in [6.45, 7) is 3.10. The van der Waals surface area contributed by atoms with E-state index in [1.807, 2.05) is 6.92 Å². The zero-order valence-electron chi connectivity index (χ0n) is 19.0. The predicted molar refractivity (Wildman–Crippen MR) is 131 cm³/mol. The fourth-order valence-corrected chi connectivity index (χ4v) is 4.52. The highest BCUT2D eigenvalue weighted by atomic mass is 35.5. The fraction of sp³-hybridized carbons (Fsp3) is 0.217. The van der Waals surface area contributed by atoms with Gasteiger partial charge in [-0.3, -0.25) is 9.10 Å². The molecule has 0 aliphatic heterocycles. The second-order valence-electron chi connectivity index (χ2n) is 7.49. The van der Waals surface area contributed by atoms with Crippen molar-refractivity contribution in [3.63, 3.8) is 0 Å². The van der Waals surface area contributed by atoms with Crippen molar-refractivity contribution in [3.05, 3.63) is 76.3 Å². The van der Waals surface area contributed by atoms with Crippen LogP contribution in [0.4, 0.5) is 10.1 Å². The third-order valence-corrected chi connectivity index (χ3v) is 6.42. The summed E-state index contributed by atoms with van der Waals surface area (Å²) in [7, 11) is -2.46. The first-order valence-corrected chi connectivity index (χ1v) is 12.3. The second kappa shape index (κ2) is 10.3. The molecule has 1 amide bonds. The van der Waals surface area contributed by atoms with Crippen molar-refractivity contribution in [2.45, 2.75) is 13.8 Å². The van der Waals surface area contributed by atoms with Crippen molar-refractivity contribution in [3.8, 4) is 11.4 Å². The molecule has 0 atom stereocenters. The van der Waals surface area contributed by atoms with Gasteiger partial charge in [-0.05, 0) is 50.2 Å². The number of nitrogens with one attached hydrogen (secondary N) is 1. The van der Waals surface area contributed by atoms with Crippen LogP contribution < -0.4 is 14.5 Å². The van der Waals surface area contributed by atoms with Crippen molar-refractivity contribution < 1.29 is 22.3 Å². The summed E-state index contributed by atoms with van der Waals surface area (Å²) >= 11 is 6.01. The number of carbonyl (C=O) groups is 1. The van der Waals surface area contributed by atoms with E-state index in [0.717, 1.165) is 21.9 Å². The minimum absolute atomic E-state index is 0.130. The number of para-hydroxylation sites is 1. The number of nitrogens with zero attached hydrogens (tertiary/aromatic N) is 3. The van der Waals surface area contributed by atoms with E-state index < -0.39 is 22.5 Å². The van der Waals surface area contributed by atoms with Gasteiger partial charge >= 0.3 is 0 Å². The maximum atomic E-state index is 14.3. The number of benzene rings is 2. The Hall–Kier alpha value is -3.37. The summed E-state index contributed by atoms with van der Waals surface area (Å²) in [5, 5.41) is 4.24. The van der Waals surface area contributed by atoms with E-state index in [4.69, 9.17) is 16.3 Å². The lowest BCUT2D eigenvalue weighted by Crippen LogP contribution is -2.39. The Bertz CT molecular complexity index is 1350. The van der Waals surface area contributed by atoms with Crippen LogP contribution in [0.15, 0.2) is 53.6 Å². The van der Waals surface area contributed by atoms with E-state index in [0.29, 0.717) is 11.3 Å². The Balaban J connectivity index is 1.79. The lowest BCUT2D eigenvalue weighted by Gasteiger charge is -2.23. The highest BCUT2D eigenvalue weighted by molar-refractivity contribution is 7.92. The normalized spacial score (nSPS) is 11.6. The SMILES string of the molecule is COc1ccc(Cl)cc1N(CC(=O)N/N=C\c1cc(C)n(-c2ccccc2F)c1C)S(C)(=O)=O. The van der Waals surface area contributed by atoms with E-state index in [-0.39, 0.29) is 22.3 Å². The number of carbonyl (C=O) groups excluding carboxylic acids is 1. The molecule has 0 aliphatic rings. The van der Waals surface area contributed by atoms with Gasteiger partial charge in [0.05, 0.1) is 31.0 Å². The fourth-order valence-electron chi connectivity index (χ4n) is 3.50. The molecule has 0 radical (unpaired) electrons. The van der Waals surface area contributed by atoms with Gasteiger partial charge in [-0.25, -0.2) is 18.2 Å². The van der Waals surface area contributed by atoms with E-state index >= 15 is 0 Å². The van der Waals surface area contributed by atoms with Crippen LogP contribution in [0.2, 0.25) is 5.02 Å². The number of sulfonamides is 1. The molecule has 2 aromatic carbocycles. The maximum Gasteiger partial charge on any atom is 0.260 e. The number of methoxy groups -OCH3 is 1. The summed E-state index contributed by atoms with van der Waals surface area (Å²) in [5.41, 5.74) is 5.04. The van der Waals surface area contributed by atoms with Crippen LogP contribution in [0.1, 0.15) is 17.0 Å². The topological polar surface area (TPSA) is 93.0 Å². The molecule has 0 fully saturated rings. The maximum absolute atomic E-state index is 14.3. The van der Waals surface area contributed by atoms with Crippen molar-refractivity contribution in [2.75, 3.05) is 24.2 Å². The third-order valence-electron chi connectivity index (χ3n) is 5.05. The molecule has 0 saturated carbocycles. The van der Waals surface area contributed by atoms with Gasteiger partial charge in [-0.2, -0.15) is 5.10 Å². The van der Waals surface area contributed by atoms with E-state index in [1.165, 1.54) is 31.5 Å².